The summed E-state index contributed by atoms with van der Waals surface area (Å²) in [6, 6.07) is 1.67. The number of anilines is 1. The third-order valence-corrected chi connectivity index (χ3v) is 4.32. The van der Waals surface area contributed by atoms with Crippen molar-refractivity contribution in [2.24, 2.45) is 0 Å². The van der Waals surface area contributed by atoms with Gasteiger partial charge < -0.3 is 10.3 Å². The van der Waals surface area contributed by atoms with Gasteiger partial charge in [-0.2, -0.15) is 0 Å². The lowest BCUT2D eigenvalue weighted by molar-refractivity contribution is 1.06. The van der Waals surface area contributed by atoms with E-state index in [2.05, 4.69) is 30.2 Å². The van der Waals surface area contributed by atoms with Gasteiger partial charge in [0.25, 0.3) is 0 Å². The molecule has 0 aliphatic heterocycles. The predicted octanol–water partition coefficient (Wildman–Crippen LogP) is 3.64. The Morgan fingerprint density at radius 2 is 2.05 bits per heavy atom. The summed E-state index contributed by atoms with van der Waals surface area (Å²) in [5, 5.41) is 5.37. The number of aromatic nitrogens is 5. The molecule has 0 bridgehead atoms. The van der Waals surface area contributed by atoms with Crippen molar-refractivity contribution in [3.63, 3.8) is 0 Å². The molecule has 9 heteroatoms. The van der Waals surface area contributed by atoms with Gasteiger partial charge in [-0.25, -0.2) is 19.9 Å². The molecule has 0 amide bonds. The van der Waals surface area contributed by atoms with Crippen LogP contribution in [0.25, 0.3) is 11.2 Å². The Labute approximate surface area is 134 Å². The van der Waals surface area contributed by atoms with Crippen molar-refractivity contribution in [1.29, 1.82) is 0 Å². The van der Waals surface area contributed by atoms with Gasteiger partial charge in [0.05, 0.1) is 16.4 Å². The van der Waals surface area contributed by atoms with Gasteiger partial charge in [-0.05, 0) is 24.8 Å². The highest BCUT2D eigenvalue weighted by Gasteiger charge is 2.14. The second-order valence-corrected chi connectivity index (χ2v) is 5.81. The van der Waals surface area contributed by atoms with Crippen LogP contribution in [-0.2, 0) is 0 Å². The maximum Gasteiger partial charge on any atom is 0.181 e. The molecule has 108 valence electrons. The van der Waals surface area contributed by atoms with Crippen LogP contribution in [0.5, 0.6) is 0 Å². The number of nitrogens with zero attached hydrogens (tertiary/aromatic N) is 4. The number of pyridine rings is 1. The van der Waals surface area contributed by atoms with E-state index in [1.54, 1.807) is 12.4 Å². The lowest BCUT2D eigenvalue weighted by atomic mass is 10.4. The van der Waals surface area contributed by atoms with Crippen molar-refractivity contribution in [2.45, 2.75) is 17.0 Å². The van der Waals surface area contributed by atoms with Crippen LogP contribution < -0.4 is 5.32 Å². The van der Waals surface area contributed by atoms with Crippen molar-refractivity contribution in [3.05, 3.63) is 28.8 Å². The molecule has 0 aliphatic carbocycles. The van der Waals surface area contributed by atoms with Crippen molar-refractivity contribution >= 4 is 51.9 Å². The zero-order valence-electron chi connectivity index (χ0n) is 10.9. The van der Waals surface area contributed by atoms with E-state index in [0.29, 0.717) is 31.6 Å². The highest BCUT2D eigenvalue weighted by atomic mass is 35.5. The maximum absolute atomic E-state index is 6.21. The van der Waals surface area contributed by atoms with E-state index in [4.69, 9.17) is 23.2 Å². The molecule has 3 aromatic rings. The minimum absolute atomic E-state index is 0.470. The zero-order chi connectivity index (χ0) is 14.8. The molecule has 0 radical (unpaired) electrons. The highest BCUT2D eigenvalue weighted by molar-refractivity contribution is 7.99. The van der Waals surface area contributed by atoms with Gasteiger partial charge in [-0.1, -0.05) is 23.2 Å². The Kier molecular flexibility index (Phi) is 4.14. The number of imidazole rings is 1. The number of fused-ring (bicyclic) bond motifs is 1. The summed E-state index contributed by atoms with van der Waals surface area (Å²) in [5.41, 5.74) is 1.35. The van der Waals surface area contributed by atoms with Crippen molar-refractivity contribution in [3.8, 4) is 0 Å². The van der Waals surface area contributed by atoms with Crippen molar-refractivity contribution < 1.29 is 0 Å². The first-order valence-corrected chi connectivity index (χ1v) is 7.68. The Morgan fingerprint density at radius 3 is 2.86 bits per heavy atom. The second kappa shape index (κ2) is 6.05. The average molecular weight is 341 g/mol. The SMILES string of the molecule is CCNc1nc(Sc2ncnc3nc[nH]c23)c(Cl)cc1Cl. The van der Waals surface area contributed by atoms with Crippen LogP contribution >= 0.6 is 35.0 Å². The minimum Gasteiger partial charge on any atom is -0.369 e. The molecule has 0 atom stereocenters. The summed E-state index contributed by atoms with van der Waals surface area (Å²) in [7, 11) is 0. The quantitative estimate of drug-likeness (QED) is 0.706. The van der Waals surface area contributed by atoms with Crippen molar-refractivity contribution in [2.75, 3.05) is 11.9 Å². The Morgan fingerprint density at radius 1 is 1.19 bits per heavy atom. The minimum atomic E-state index is 0.470. The number of aromatic amines is 1. The number of hydrogen-bond donors (Lipinski definition) is 2. The van der Waals surface area contributed by atoms with Gasteiger partial charge in [0.15, 0.2) is 5.65 Å². The van der Waals surface area contributed by atoms with E-state index in [-0.39, 0.29) is 0 Å². The summed E-state index contributed by atoms with van der Waals surface area (Å²) < 4.78 is 0. The summed E-state index contributed by atoms with van der Waals surface area (Å²) >= 11 is 13.6. The molecular formula is C12H10Cl2N6S. The van der Waals surface area contributed by atoms with Crippen LogP contribution in [0.3, 0.4) is 0 Å². The molecule has 6 nitrogen and oxygen atoms in total. The second-order valence-electron chi connectivity index (χ2n) is 4.02. The smallest absolute Gasteiger partial charge is 0.181 e. The fraction of sp³-hybridized carbons (Fsp3) is 0.167. The van der Waals surface area contributed by atoms with Gasteiger partial charge in [0.2, 0.25) is 0 Å². The van der Waals surface area contributed by atoms with E-state index in [0.717, 1.165) is 12.1 Å². The molecule has 0 saturated heterocycles. The summed E-state index contributed by atoms with van der Waals surface area (Å²) in [6.45, 7) is 2.69. The molecular weight excluding hydrogens is 331 g/mol. The number of nitrogens with one attached hydrogen (secondary N) is 2. The molecule has 3 heterocycles. The fourth-order valence-corrected chi connectivity index (χ4v) is 3.09. The number of halogens is 2. The molecule has 0 spiro atoms. The lowest BCUT2D eigenvalue weighted by Gasteiger charge is -2.09. The van der Waals surface area contributed by atoms with Crippen molar-refractivity contribution in [1.82, 2.24) is 24.9 Å². The standard InChI is InChI=1S/C12H10Cl2N6S/c1-2-15-9-6(13)3-7(14)11(20-9)21-12-8-10(17-4-16-8)18-5-19-12/h3-5H,2H2,1H3,(H,15,20)(H,16,17,18,19). The normalized spacial score (nSPS) is 11.0. The largest absolute Gasteiger partial charge is 0.369 e. The molecule has 2 N–H and O–H groups in total. The molecule has 3 aromatic heterocycles. The first kappa shape index (κ1) is 14.4. The van der Waals surface area contributed by atoms with Gasteiger partial charge >= 0.3 is 0 Å². The Hall–Kier alpha value is -1.57. The third kappa shape index (κ3) is 2.90. The van der Waals surface area contributed by atoms with Gasteiger partial charge in [-0.15, -0.1) is 0 Å². The molecule has 3 rings (SSSR count). The van der Waals surface area contributed by atoms with Crippen LogP contribution in [0.1, 0.15) is 6.92 Å². The Balaban J connectivity index is 2.01. The molecule has 21 heavy (non-hydrogen) atoms. The number of hydrogen-bond acceptors (Lipinski definition) is 6. The van der Waals surface area contributed by atoms with E-state index in [1.807, 2.05) is 6.92 Å². The van der Waals surface area contributed by atoms with E-state index in [1.165, 1.54) is 18.1 Å². The topological polar surface area (TPSA) is 79.4 Å². The van der Waals surface area contributed by atoms with Crippen LogP contribution in [0.4, 0.5) is 5.82 Å². The van der Waals surface area contributed by atoms with Gasteiger partial charge in [0.1, 0.15) is 27.7 Å². The number of rotatable bonds is 4. The van der Waals surface area contributed by atoms with E-state index < -0.39 is 0 Å². The predicted molar refractivity (Wildman–Crippen MR) is 84.2 cm³/mol. The van der Waals surface area contributed by atoms with Crippen LogP contribution in [-0.4, -0.2) is 31.5 Å². The third-order valence-electron chi connectivity index (χ3n) is 2.62. The number of H-pyrrole nitrogens is 1. The summed E-state index contributed by atoms with van der Waals surface area (Å²) in [4.78, 5) is 19.9. The van der Waals surface area contributed by atoms with E-state index >= 15 is 0 Å². The van der Waals surface area contributed by atoms with Crippen LogP contribution in [0.15, 0.2) is 28.8 Å². The molecule has 0 fully saturated rings. The summed E-state index contributed by atoms with van der Waals surface area (Å²) in [6.07, 6.45) is 3.03. The molecule has 0 aromatic carbocycles. The first-order chi connectivity index (χ1) is 10.2. The van der Waals surface area contributed by atoms with Gasteiger partial charge in [0, 0.05) is 6.54 Å². The molecule has 0 unspecified atom stereocenters. The first-order valence-electron chi connectivity index (χ1n) is 6.11. The van der Waals surface area contributed by atoms with Crippen LogP contribution in [0.2, 0.25) is 10.0 Å². The average Bonchev–Trinajstić information content (AvgIpc) is 2.93. The lowest BCUT2D eigenvalue weighted by Crippen LogP contribution is -2.01. The molecule has 0 aliphatic rings. The zero-order valence-corrected chi connectivity index (χ0v) is 13.2. The Bertz CT molecular complexity index is 791. The highest BCUT2D eigenvalue weighted by Crippen LogP contribution is 2.36. The monoisotopic (exact) mass is 340 g/mol. The van der Waals surface area contributed by atoms with Crippen LogP contribution in [0, 0.1) is 0 Å². The van der Waals surface area contributed by atoms with E-state index in [9.17, 15) is 0 Å². The fourth-order valence-electron chi connectivity index (χ4n) is 1.72. The summed E-state index contributed by atoms with van der Waals surface area (Å²) in [5.74, 6) is 0.598. The maximum atomic E-state index is 6.21. The van der Waals surface area contributed by atoms with Gasteiger partial charge in [-0.3, -0.25) is 0 Å². The molecule has 0 saturated carbocycles.